The summed E-state index contributed by atoms with van der Waals surface area (Å²) in [6, 6.07) is 9.88. The Balaban J connectivity index is 1.87. The van der Waals surface area contributed by atoms with E-state index in [2.05, 4.69) is 5.10 Å². The van der Waals surface area contributed by atoms with Gasteiger partial charge < -0.3 is 10.6 Å². The lowest BCUT2D eigenvalue weighted by molar-refractivity contribution is 0.0719. The molecule has 110 valence electrons. The Hall–Kier alpha value is -2.30. The van der Waals surface area contributed by atoms with Crippen LogP contribution >= 0.6 is 0 Å². The van der Waals surface area contributed by atoms with Crippen LogP contribution in [0, 0.1) is 6.92 Å². The number of aryl methyl sites for hydroxylation is 2. The standard InChI is InChI=1S/C16H20N4O/c1-11-9-15(19(2)18-11)16(21)20(13-7-8-13)10-12-5-3-4-6-14(12)17/h3-6,9,13H,7-8,10,17H2,1-2H3. The van der Waals surface area contributed by atoms with Gasteiger partial charge in [0.1, 0.15) is 5.69 Å². The van der Waals surface area contributed by atoms with Crippen LogP contribution in [0.3, 0.4) is 0 Å². The van der Waals surface area contributed by atoms with E-state index in [0.717, 1.165) is 29.8 Å². The van der Waals surface area contributed by atoms with E-state index in [1.165, 1.54) is 0 Å². The molecule has 1 aliphatic rings. The fourth-order valence-corrected chi connectivity index (χ4v) is 2.57. The van der Waals surface area contributed by atoms with E-state index >= 15 is 0 Å². The number of amides is 1. The van der Waals surface area contributed by atoms with Crippen LogP contribution in [0.15, 0.2) is 30.3 Å². The quantitative estimate of drug-likeness (QED) is 0.875. The van der Waals surface area contributed by atoms with Crippen LogP contribution in [0.1, 0.15) is 34.6 Å². The summed E-state index contributed by atoms with van der Waals surface area (Å²) in [7, 11) is 1.81. The molecule has 0 bridgehead atoms. The van der Waals surface area contributed by atoms with Gasteiger partial charge in [-0.1, -0.05) is 18.2 Å². The highest BCUT2D eigenvalue weighted by Crippen LogP contribution is 2.30. The van der Waals surface area contributed by atoms with E-state index in [1.54, 1.807) is 4.68 Å². The number of para-hydroxylation sites is 1. The van der Waals surface area contributed by atoms with Gasteiger partial charge in [-0.3, -0.25) is 9.48 Å². The van der Waals surface area contributed by atoms with Crippen LogP contribution in [-0.4, -0.2) is 26.6 Å². The number of carbonyl (C=O) groups excluding carboxylic acids is 1. The molecule has 1 aliphatic carbocycles. The maximum Gasteiger partial charge on any atom is 0.272 e. The number of nitrogens with two attached hydrogens (primary N) is 1. The molecule has 21 heavy (non-hydrogen) atoms. The first-order valence-electron chi connectivity index (χ1n) is 7.21. The number of rotatable bonds is 4. The van der Waals surface area contributed by atoms with Gasteiger partial charge in [-0.2, -0.15) is 5.10 Å². The Morgan fingerprint density at radius 2 is 2.14 bits per heavy atom. The smallest absolute Gasteiger partial charge is 0.272 e. The predicted molar refractivity (Wildman–Crippen MR) is 81.7 cm³/mol. The molecule has 1 aromatic carbocycles. The third kappa shape index (κ3) is 2.77. The molecule has 3 rings (SSSR count). The summed E-state index contributed by atoms with van der Waals surface area (Å²) in [5, 5.41) is 4.26. The minimum Gasteiger partial charge on any atom is -0.398 e. The first-order chi connectivity index (χ1) is 10.1. The molecule has 0 radical (unpaired) electrons. The molecule has 1 heterocycles. The van der Waals surface area contributed by atoms with E-state index in [4.69, 9.17) is 5.73 Å². The number of nitrogen functional groups attached to an aromatic ring is 1. The molecule has 0 spiro atoms. The van der Waals surface area contributed by atoms with Crippen molar-refractivity contribution in [1.82, 2.24) is 14.7 Å². The van der Waals surface area contributed by atoms with Crippen molar-refractivity contribution in [3.05, 3.63) is 47.3 Å². The summed E-state index contributed by atoms with van der Waals surface area (Å²) in [6.07, 6.45) is 2.13. The maximum atomic E-state index is 12.8. The molecule has 5 nitrogen and oxygen atoms in total. The number of hydrogen-bond donors (Lipinski definition) is 1. The molecule has 0 unspecified atom stereocenters. The Morgan fingerprint density at radius 3 is 2.71 bits per heavy atom. The molecule has 1 saturated carbocycles. The van der Waals surface area contributed by atoms with E-state index in [1.807, 2.05) is 49.2 Å². The number of anilines is 1. The average molecular weight is 284 g/mol. The number of carbonyl (C=O) groups is 1. The van der Waals surface area contributed by atoms with Crippen molar-refractivity contribution >= 4 is 11.6 Å². The van der Waals surface area contributed by atoms with Crippen molar-refractivity contribution in [1.29, 1.82) is 0 Å². The summed E-state index contributed by atoms with van der Waals surface area (Å²) < 4.78 is 1.65. The predicted octanol–water partition coefficient (Wildman–Crippen LogP) is 2.12. The van der Waals surface area contributed by atoms with Crippen molar-refractivity contribution in [2.24, 2.45) is 7.05 Å². The average Bonchev–Trinajstić information content (AvgIpc) is 3.22. The number of aromatic nitrogens is 2. The number of benzene rings is 1. The van der Waals surface area contributed by atoms with Gasteiger partial charge in [0, 0.05) is 25.3 Å². The Labute approximate surface area is 124 Å². The molecule has 5 heteroatoms. The van der Waals surface area contributed by atoms with Gasteiger partial charge in [0.25, 0.3) is 5.91 Å². The van der Waals surface area contributed by atoms with Crippen LogP contribution in [0.25, 0.3) is 0 Å². The van der Waals surface area contributed by atoms with Gasteiger partial charge in [-0.15, -0.1) is 0 Å². The Bertz CT molecular complexity index is 673. The zero-order chi connectivity index (χ0) is 15.0. The second-order valence-corrected chi connectivity index (χ2v) is 5.66. The van der Waals surface area contributed by atoms with Gasteiger partial charge in [-0.25, -0.2) is 0 Å². The lowest BCUT2D eigenvalue weighted by atomic mass is 10.1. The summed E-state index contributed by atoms with van der Waals surface area (Å²) in [6.45, 7) is 2.45. The van der Waals surface area contributed by atoms with Crippen LogP contribution < -0.4 is 5.73 Å². The summed E-state index contributed by atoms with van der Waals surface area (Å²) in [5.41, 5.74) is 9.23. The first kappa shape index (κ1) is 13.7. The molecule has 0 saturated heterocycles. The minimum absolute atomic E-state index is 0.0313. The van der Waals surface area contributed by atoms with E-state index in [-0.39, 0.29) is 5.91 Å². The minimum atomic E-state index is 0.0313. The van der Waals surface area contributed by atoms with Gasteiger partial charge in [-0.05, 0) is 37.5 Å². The fourth-order valence-electron chi connectivity index (χ4n) is 2.57. The second-order valence-electron chi connectivity index (χ2n) is 5.66. The zero-order valence-electron chi connectivity index (χ0n) is 12.4. The SMILES string of the molecule is Cc1cc(C(=O)N(Cc2ccccc2N)C2CC2)n(C)n1. The topological polar surface area (TPSA) is 64.2 Å². The van der Waals surface area contributed by atoms with Crippen molar-refractivity contribution in [3.63, 3.8) is 0 Å². The zero-order valence-corrected chi connectivity index (χ0v) is 12.4. The Morgan fingerprint density at radius 1 is 1.43 bits per heavy atom. The van der Waals surface area contributed by atoms with E-state index in [9.17, 15) is 4.79 Å². The Kier molecular flexibility index (Phi) is 3.41. The molecular formula is C16H20N4O. The van der Waals surface area contributed by atoms with Gasteiger partial charge >= 0.3 is 0 Å². The largest absolute Gasteiger partial charge is 0.398 e. The van der Waals surface area contributed by atoms with Crippen LogP contribution in [-0.2, 0) is 13.6 Å². The van der Waals surface area contributed by atoms with E-state index in [0.29, 0.717) is 18.3 Å². The molecule has 1 amide bonds. The molecule has 0 atom stereocenters. The highest BCUT2D eigenvalue weighted by Gasteiger charge is 2.34. The van der Waals surface area contributed by atoms with Crippen LogP contribution in [0.2, 0.25) is 0 Å². The van der Waals surface area contributed by atoms with Crippen molar-refractivity contribution in [3.8, 4) is 0 Å². The number of hydrogen-bond acceptors (Lipinski definition) is 3. The molecular weight excluding hydrogens is 264 g/mol. The van der Waals surface area contributed by atoms with Gasteiger partial charge in [0.05, 0.1) is 5.69 Å². The van der Waals surface area contributed by atoms with E-state index < -0.39 is 0 Å². The molecule has 2 N–H and O–H groups in total. The lowest BCUT2D eigenvalue weighted by Crippen LogP contribution is -2.34. The van der Waals surface area contributed by atoms with Gasteiger partial charge in [0.15, 0.2) is 0 Å². The third-order valence-corrected chi connectivity index (χ3v) is 3.87. The monoisotopic (exact) mass is 284 g/mol. The normalized spacial score (nSPS) is 14.2. The fraction of sp³-hybridized carbons (Fsp3) is 0.375. The maximum absolute atomic E-state index is 12.8. The van der Waals surface area contributed by atoms with Crippen LogP contribution in [0.5, 0.6) is 0 Å². The molecule has 1 aromatic heterocycles. The first-order valence-corrected chi connectivity index (χ1v) is 7.21. The summed E-state index contributed by atoms with van der Waals surface area (Å²) in [4.78, 5) is 14.7. The number of nitrogens with zero attached hydrogens (tertiary/aromatic N) is 3. The molecule has 2 aromatic rings. The van der Waals surface area contributed by atoms with Crippen molar-refractivity contribution < 1.29 is 4.79 Å². The lowest BCUT2D eigenvalue weighted by Gasteiger charge is -2.23. The highest BCUT2D eigenvalue weighted by molar-refractivity contribution is 5.93. The summed E-state index contributed by atoms with van der Waals surface area (Å²) >= 11 is 0. The van der Waals surface area contributed by atoms with Gasteiger partial charge in [0.2, 0.25) is 0 Å². The van der Waals surface area contributed by atoms with Crippen molar-refractivity contribution in [2.75, 3.05) is 5.73 Å². The van der Waals surface area contributed by atoms with Crippen LogP contribution in [0.4, 0.5) is 5.69 Å². The second kappa shape index (κ2) is 5.24. The third-order valence-electron chi connectivity index (χ3n) is 3.87. The van der Waals surface area contributed by atoms with Crippen molar-refractivity contribution in [2.45, 2.75) is 32.4 Å². The summed E-state index contributed by atoms with van der Waals surface area (Å²) in [5.74, 6) is 0.0313. The highest BCUT2D eigenvalue weighted by atomic mass is 16.2. The molecule has 1 fully saturated rings. The molecule has 0 aliphatic heterocycles.